The van der Waals surface area contributed by atoms with Crippen molar-refractivity contribution in [1.29, 1.82) is 0 Å². The standard InChI is InChI=1S/C6H12O5/c7-1-3(8)6-5(10)4(9)2-11-6/h3-10H,1-2H2/t3-,4-,5-,6-/m0/s1. The van der Waals surface area contributed by atoms with Gasteiger partial charge in [-0.05, 0) is 0 Å². The van der Waals surface area contributed by atoms with E-state index < -0.39 is 31.0 Å². The van der Waals surface area contributed by atoms with Crippen LogP contribution in [0, 0.1) is 0 Å². The van der Waals surface area contributed by atoms with E-state index in [4.69, 9.17) is 25.2 Å². The molecule has 1 fully saturated rings. The molecule has 0 aromatic heterocycles. The summed E-state index contributed by atoms with van der Waals surface area (Å²) in [6.07, 6.45) is -4.05. The quantitative estimate of drug-likeness (QED) is 0.361. The summed E-state index contributed by atoms with van der Waals surface area (Å²) < 4.78 is 4.82. The van der Waals surface area contributed by atoms with Gasteiger partial charge in [0.1, 0.15) is 24.4 Å². The Balaban J connectivity index is 2.47. The first kappa shape index (κ1) is 8.89. The highest BCUT2D eigenvalue weighted by atomic mass is 16.5. The van der Waals surface area contributed by atoms with Crippen LogP contribution >= 0.6 is 0 Å². The molecular formula is C6H12O5. The Hall–Kier alpha value is -0.200. The van der Waals surface area contributed by atoms with E-state index in [1.54, 1.807) is 0 Å². The lowest BCUT2D eigenvalue weighted by atomic mass is 10.1. The van der Waals surface area contributed by atoms with Crippen LogP contribution in [0.2, 0.25) is 0 Å². The fraction of sp³-hybridized carbons (Fsp3) is 1.00. The minimum atomic E-state index is -1.12. The zero-order valence-electron chi connectivity index (χ0n) is 5.92. The molecule has 1 aliphatic rings. The largest absolute Gasteiger partial charge is 0.394 e. The summed E-state index contributed by atoms with van der Waals surface area (Å²) in [6, 6.07) is 0. The third-order valence-electron chi connectivity index (χ3n) is 1.76. The van der Waals surface area contributed by atoms with Gasteiger partial charge in [0, 0.05) is 0 Å². The third kappa shape index (κ3) is 1.69. The van der Waals surface area contributed by atoms with Gasteiger partial charge in [0.25, 0.3) is 0 Å². The Morgan fingerprint density at radius 3 is 2.45 bits per heavy atom. The van der Waals surface area contributed by atoms with Gasteiger partial charge in [-0.3, -0.25) is 0 Å². The molecule has 1 saturated heterocycles. The predicted octanol–water partition coefficient (Wildman–Crippen LogP) is -2.54. The molecule has 66 valence electrons. The molecule has 0 amide bonds. The smallest absolute Gasteiger partial charge is 0.114 e. The lowest BCUT2D eigenvalue weighted by Crippen LogP contribution is -2.40. The van der Waals surface area contributed by atoms with Crippen LogP contribution in [0.3, 0.4) is 0 Å². The highest BCUT2D eigenvalue weighted by molar-refractivity contribution is 4.87. The molecule has 11 heavy (non-hydrogen) atoms. The number of hydrogen-bond donors (Lipinski definition) is 4. The first-order valence-electron chi connectivity index (χ1n) is 3.43. The average Bonchev–Trinajstić information content (AvgIpc) is 2.32. The van der Waals surface area contributed by atoms with Crippen molar-refractivity contribution in [2.45, 2.75) is 24.4 Å². The van der Waals surface area contributed by atoms with Gasteiger partial charge in [-0.25, -0.2) is 0 Å². The van der Waals surface area contributed by atoms with Crippen LogP contribution in [-0.2, 0) is 4.74 Å². The lowest BCUT2D eigenvalue weighted by Gasteiger charge is -2.18. The maximum atomic E-state index is 9.11. The van der Waals surface area contributed by atoms with E-state index in [0.29, 0.717) is 0 Å². The zero-order valence-corrected chi connectivity index (χ0v) is 5.92. The Labute approximate surface area is 63.8 Å². The molecule has 0 aliphatic carbocycles. The van der Waals surface area contributed by atoms with Crippen LogP contribution in [0.5, 0.6) is 0 Å². The second kappa shape index (κ2) is 3.46. The Morgan fingerprint density at radius 1 is 1.45 bits per heavy atom. The number of ether oxygens (including phenoxy) is 1. The number of aliphatic hydroxyl groups is 4. The highest BCUT2D eigenvalue weighted by Crippen LogP contribution is 2.16. The van der Waals surface area contributed by atoms with Crippen LogP contribution in [0.15, 0.2) is 0 Å². The van der Waals surface area contributed by atoms with Gasteiger partial charge in [-0.2, -0.15) is 0 Å². The van der Waals surface area contributed by atoms with Gasteiger partial charge >= 0.3 is 0 Å². The summed E-state index contributed by atoms with van der Waals surface area (Å²) in [6.45, 7) is -0.475. The first-order valence-corrected chi connectivity index (χ1v) is 3.43. The molecule has 0 unspecified atom stereocenters. The molecule has 4 atom stereocenters. The van der Waals surface area contributed by atoms with Crippen molar-refractivity contribution in [2.24, 2.45) is 0 Å². The summed E-state index contributed by atoms with van der Waals surface area (Å²) in [4.78, 5) is 0. The first-order chi connectivity index (χ1) is 5.16. The summed E-state index contributed by atoms with van der Waals surface area (Å²) in [5.41, 5.74) is 0. The second-order valence-corrected chi connectivity index (χ2v) is 2.61. The fourth-order valence-electron chi connectivity index (χ4n) is 1.07. The summed E-state index contributed by atoms with van der Waals surface area (Å²) in [5, 5.41) is 35.5. The molecule has 1 rings (SSSR count). The molecule has 0 aromatic rings. The third-order valence-corrected chi connectivity index (χ3v) is 1.76. The monoisotopic (exact) mass is 164 g/mol. The van der Waals surface area contributed by atoms with Crippen molar-refractivity contribution in [3.05, 3.63) is 0 Å². The van der Waals surface area contributed by atoms with Crippen molar-refractivity contribution in [3.8, 4) is 0 Å². The molecule has 0 radical (unpaired) electrons. The molecule has 1 aliphatic heterocycles. The van der Waals surface area contributed by atoms with Crippen LogP contribution < -0.4 is 0 Å². The SMILES string of the molecule is OC[C@H](O)[C@@H]1OC[C@H](O)[C@@H]1O. The normalized spacial score (nSPS) is 40.9. The average molecular weight is 164 g/mol. The maximum Gasteiger partial charge on any atom is 0.114 e. The van der Waals surface area contributed by atoms with Crippen molar-refractivity contribution < 1.29 is 25.2 Å². The van der Waals surface area contributed by atoms with Crippen molar-refractivity contribution in [1.82, 2.24) is 0 Å². The van der Waals surface area contributed by atoms with Gasteiger partial charge in [0.15, 0.2) is 0 Å². The van der Waals surface area contributed by atoms with E-state index in [9.17, 15) is 0 Å². The molecule has 5 nitrogen and oxygen atoms in total. The predicted molar refractivity (Wildman–Crippen MR) is 34.8 cm³/mol. The minimum absolute atomic E-state index is 0.00287. The van der Waals surface area contributed by atoms with Gasteiger partial charge < -0.3 is 25.2 Å². The van der Waals surface area contributed by atoms with Crippen LogP contribution in [0.25, 0.3) is 0 Å². The van der Waals surface area contributed by atoms with Crippen molar-refractivity contribution >= 4 is 0 Å². The van der Waals surface area contributed by atoms with Crippen molar-refractivity contribution in [3.63, 3.8) is 0 Å². The molecule has 5 heteroatoms. The van der Waals surface area contributed by atoms with Gasteiger partial charge in [-0.1, -0.05) is 0 Å². The maximum absolute atomic E-state index is 9.11. The zero-order chi connectivity index (χ0) is 8.43. The summed E-state index contributed by atoms with van der Waals surface area (Å²) in [5.74, 6) is 0. The van der Waals surface area contributed by atoms with Gasteiger partial charge in [0.2, 0.25) is 0 Å². The number of rotatable bonds is 2. The second-order valence-electron chi connectivity index (χ2n) is 2.61. The Kier molecular flexibility index (Phi) is 2.80. The van der Waals surface area contributed by atoms with Gasteiger partial charge in [0.05, 0.1) is 13.2 Å². The van der Waals surface area contributed by atoms with Gasteiger partial charge in [-0.15, -0.1) is 0 Å². The number of aliphatic hydroxyl groups excluding tert-OH is 4. The topological polar surface area (TPSA) is 90.2 Å². The lowest BCUT2D eigenvalue weighted by molar-refractivity contribution is -0.0684. The fourth-order valence-corrected chi connectivity index (χ4v) is 1.07. The molecule has 4 N–H and O–H groups in total. The van der Waals surface area contributed by atoms with E-state index in [-0.39, 0.29) is 6.61 Å². The number of hydrogen-bond acceptors (Lipinski definition) is 5. The Morgan fingerprint density at radius 2 is 2.09 bits per heavy atom. The van der Waals surface area contributed by atoms with Crippen LogP contribution in [-0.4, -0.2) is 58.1 Å². The van der Waals surface area contributed by atoms with E-state index in [0.717, 1.165) is 0 Å². The molecule has 0 spiro atoms. The molecule has 0 aromatic carbocycles. The van der Waals surface area contributed by atoms with E-state index in [1.165, 1.54) is 0 Å². The molecule has 0 saturated carbocycles. The summed E-state index contributed by atoms with van der Waals surface area (Å²) >= 11 is 0. The Bertz CT molecular complexity index is 128. The van der Waals surface area contributed by atoms with Crippen LogP contribution in [0.1, 0.15) is 0 Å². The van der Waals surface area contributed by atoms with E-state index in [2.05, 4.69) is 0 Å². The molecular weight excluding hydrogens is 152 g/mol. The highest BCUT2D eigenvalue weighted by Gasteiger charge is 2.38. The van der Waals surface area contributed by atoms with E-state index in [1.807, 2.05) is 0 Å². The summed E-state index contributed by atoms with van der Waals surface area (Å²) in [7, 11) is 0. The van der Waals surface area contributed by atoms with E-state index >= 15 is 0 Å². The minimum Gasteiger partial charge on any atom is -0.394 e. The van der Waals surface area contributed by atoms with Crippen molar-refractivity contribution in [2.75, 3.05) is 13.2 Å². The molecule has 0 bridgehead atoms. The molecule has 1 heterocycles. The van der Waals surface area contributed by atoms with Crippen LogP contribution in [0.4, 0.5) is 0 Å².